The highest BCUT2D eigenvalue weighted by molar-refractivity contribution is 7.92. The number of nitrogens with zero attached hydrogens (tertiary/aromatic N) is 1. The van der Waals surface area contributed by atoms with E-state index in [0.29, 0.717) is 18.0 Å². The minimum absolute atomic E-state index is 0.203. The summed E-state index contributed by atoms with van der Waals surface area (Å²) in [6, 6.07) is 12.9. The molecule has 7 heteroatoms. The first-order valence-electron chi connectivity index (χ1n) is 10.9. The summed E-state index contributed by atoms with van der Waals surface area (Å²) in [6.45, 7) is 4.26. The lowest BCUT2D eigenvalue weighted by molar-refractivity contribution is -0.120. The Morgan fingerprint density at radius 3 is 2.42 bits per heavy atom. The maximum atomic E-state index is 12.7. The predicted molar refractivity (Wildman–Crippen MR) is 124 cm³/mol. The third kappa shape index (κ3) is 6.23. The molecule has 1 amide bonds. The summed E-state index contributed by atoms with van der Waals surface area (Å²) < 4.78 is 31.4. The van der Waals surface area contributed by atoms with Crippen LogP contribution in [0.25, 0.3) is 0 Å². The average Bonchev–Trinajstić information content (AvgIpc) is 2.75. The van der Waals surface area contributed by atoms with E-state index >= 15 is 0 Å². The molecule has 2 aromatic rings. The Balaban J connectivity index is 1.68. The Morgan fingerprint density at radius 2 is 1.77 bits per heavy atom. The number of rotatable bonds is 9. The van der Waals surface area contributed by atoms with Gasteiger partial charge in [0.1, 0.15) is 12.3 Å². The van der Waals surface area contributed by atoms with E-state index in [1.807, 2.05) is 13.8 Å². The first-order chi connectivity index (χ1) is 14.8. The van der Waals surface area contributed by atoms with Crippen LogP contribution in [0, 0.1) is 0 Å². The van der Waals surface area contributed by atoms with Gasteiger partial charge in [0.05, 0.1) is 24.6 Å². The number of benzene rings is 2. The SMILES string of the molecule is CCCOc1ccc(N(CC(=O)N[C@@H](C)c2ccc3c(c2)CCCC3)S(C)(=O)=O)cc1. The fraction of sp³-hybridized carbons (Fsp3) is 0.458. The number of hydrogen-bond acceptors (Lipinski definition) is 4. The maximum Gasteiger partial charge on any atom is 0.241 e. The zero-order chi connectivity index (χ0) is 22.4. The van der Waals surface area contributed by atoms with Crippen molar-refractivity contribution in [1.29, 1.82) is 0 Å². The molecular weight excluding hydrogens is 412 g/mol. The number of sulfonamides is 1. The molecule has 1 aliphatic carbocycles. The Morgan fingerprint density at radius 1 is 1.10 bits per heavy atom. The first-order valence-corrected chi connectivity index (χ1v) is 12.7. The summed E-state index contributed by atoms with van der Waals surface area (Å²) in [7, 11) is -3.62. The monoisotopic (exact) mass is 444 g/mol. The molecule has 0 heterocycles. The van der Waals surface area contributed by atoms with Crippen molar-refractivity contribution < 1.29 is 17.9 Å². The average molecular weight is 445 g/mol. The lowest BCUT2D eigenvalue weighted by Crippen LogP contribution is -2.41. The molecule has 1 N–H and O–H groups in total. The molecule has 6 nitrogen and oxygen atoms in total. The summed E-state index contributed by atoms with van der Waals surface area (Å²) in [5.74, 6) is 0.325. The zero-order valence-corrected chi connectivity index (χ0v) is 19.4. The lowest BCUT2D eigenvalue weighted by Gasteiger charge is -2.24. The molecule has 0 radical (unpaired) electrons. The van der Waals surface area contributed by atoms with Crippen LogP contribution >= 0.6 is 0 Å². The molecule has 0 aliphatic heterocycles. The van der Waals surface area contributed by atoms with E-state index in [-0.39, 0.29) is 18.5 Å². The third-order valence-corrected chi connectivity index (χ3v) is 6.68. The molecule has 168 valence electrons. The number of ether oxygens (including phenoxy) is 1. The Hall–Kier alpha value is -2.54. The molecule has 0 saturated carbocycles. The summed E-state index contributed by atoms with van der Waals surface area (Å²) in [4.78, 5) is 12.7. The minimum atomic E-state index is -3.62. The van der Waals surface area contributed by atoms with E-state index < -0.39 is 10.0 Å². The summed E-state index contributed by atoms with van der Waals surface area (Å²) in [6.07, 6.45) is 6.61. The number of amides is 1. The van der Waals surface area contributed by atoms with E-state index in [1.54, 1.807) is 24.3 Å². The first kappa shape index (κ1) is 23.1. The van der Waals surface area contributed by atoms with Crippen LogP contribution < -0.4 is 14.4 Å². The summed E-state index contributed by atoms with van der Waals surface area (Å²) in [5.41, 5.74) is 4.22. The smallest absolute Gasteiger partial charge is 0.241 e. The van der Waals surface area contributed by atoms with Gasteiger partial charge in [0, 0.05) is 0 Å². The van der Waals surface area contributed by atoms with Crippen LogP contribution in [0.2, 0.25) is 0 Å². The second-order valence-corrected chi connectivity index (χ2v) is 10.0. The minimum Gasteiger partial charge on any atom is -0.494 e. The van der Waals surface area contributed by atoms with Crippen LogP contribution in [0.4, 0.5) is 5.69 Å². The van der Waals surface area contributed by atoms with Crippen LogP contribution in [0.5, 0.6) is 5.75 Å². The highest BCUT2D eigenvalue weighted by Crippen LogP contribution is 2.25. The molecule has 0 aromatic heterocycles. The van der Waals surface area contributed by atoms with Gasteiger partial charge in [-0.1, -0.05) is 25.1 Å². The van der Waals surface area contributed by atoms with E-state index in [2.05, 4.69) is 23.5 Å². The fourth-order valence-corrected chi connectivity index (χ4v) is 4.71. The van der Waals surface area contributed by atoms with Gasteiger partial charge in [0.15, 0.2) is 0 Å². The number of carbonyl (C=O) groups excluding carboxylic acids is 1. The molecule has 0 unspecified atom stereocenters. The van der Waals surface area contributed by atoms with Crippen molar-refractivity contribution in [3.63, 3.8) is 0 Å². The molecule has 2 aromatic carbocycles. The molecule has 0 fully saturated rings. The highest BCUT2D eigenvalue weighted by atomic mass is 32.2. The van der Waals surface area contributed by atoms with E-state index in [0.717, 1.165) is 35.4 Å². The molecule has 0 bridgehead atoms. The number of carbonyl (C=O) groups is 1. The number of nitrogens with one attached hydrogen (secondary N) is 1. The molecule has 0 saturated heterocycles. The second-order valence-electron chi connectivity index (χ2n) is 8.14. The molecule has 3 rings (SSSR count). The van der Waals surface area contributed by atoms with Crippen molar-refractivity contribution in [1.82, 2.24) is 5.32 Å². The van der Waals surface area contributed by atoms with Gasteiger partial charge < -0.3 is 10.1 Å². The molecule has 31 heavy (non-hydrogen) atoms. The zero-order valence-electron chi connectivity index (χ0n) is 18.6. The summed E-state index contributed by atoms with van der Waals surface area (Å²) in [5, 5.41) is 2.94. The molecule has 1 aliphatic rings. The Bertz CT molecular complexity index is 1000. The third-order valence-electron chi connectivity index (χ3n) is 5.54. The molecule has 1 atom stereocenters. The van der Waals surface area contributed by atoms with Crippen molar-refractivity contribution in [2.75, 3.05) is 23.7 Å². The normalized spacial score (nSPS) is 14.4. The van der Waals surface area contributed by atoms with Gasteiger partial charge in [-0.05, 0) is 80.0 Å². The van der Waals surface area contributed by atoms with Crippen LogP contribution in [-0.4, -0.2) is 33.7 Å². The quantitative estimate of drug-likeness (QED) is 0.634. The van der Waals surface area contributed by atoms with Gasteiger partial charge in [-0.2, -0.15) is 0 Å². The summed E-state index contributed by atoms with van der Waals surface area (Å²) >= 11 is 0. The van der Waals surface area contributed by atoms with Crippen molar-refractivity contribution in [3.05, 3.63) is 59.2 Å². The number of hydrogen-bond donors (Lipinski definition) is 1. The van der Waals surface area contributed by atoms with E-state index in [9.17, 15) is 13.2 Å². The van der Waals surface area contributed by atoms with Gasteiger partial charge in [-0.25, -0.2) is 8.42 Å². The van der Waals surface area contributed by atoms with Crippen LogP contribution in [-0.2, 0) is 27.7 Å². The van der Waals surface area contributed by atoms with Gasteiger partial charge in [0.2, 0.25) is 15.9 Å². The topological polar surface area (TPSA) is 75.7 Å². The molecule has 0 spiro atoms. The number of anilines is 1. The van der Waals surface area contributed by atoms with Crippen LogP contribution in [0.1, 0.15) is 55.8 Å². The van der Waals surface area contributed by atoms with Crippen LogP contribution in [0.15, 0.2) is 42.5 Å². The van der Waals surface area contributed by atoms with Crippen molar-refractivity contribution in [3.8, 4) is 5.75 Å². The lowest BCUT2D eigenvalue weighted by atomic mass is 9.89. The number of fused-ring (bicyclic) bond motifs is 1. The van der Waals surface area contributed by atoms with Crippen LogP contribution in [0.3, 0.4) is 0 Å². The van der Waals surface area contributed by atoms with Gasteiger partial charge in [-0.3, -0.25) is 9.10 Å². The second kappa shape index (κ2) is 10.2. The highest BCUT2D eigenvalue weighted by Gasteiger charge is 2.22. The van der Waals surface area contributed by atoms with E-state index in [1.165, 1.54) is 24.0 Å². The van der Waals surface area contributed by atoms with Crippen molar-refractivity contribution in [2.45, 2.75) is 52.0 Å². The Labute approximate surface area is 185 Å². The standard InChI is InChI=1S/C24H32N2O4S/c1-4-15-30-23-13-11-22(12-14-23)26(31(3,28)29)17-24(27)25-18(2)20-10-9-19-7-5-6-8-21(19)16-20/h9-14,16,18H,4-8,15,17H2,1-3H3,(H,25,27)/t18-/m0/s1. The fourth-order valence-electron chi connectivity index (χ4n) is 3.85. The van der Waals surface area contributed by atoms with Gasteiger partial charge in [0.25, 0.3) is 0 Å². The van der Waals surface area contributed by atoms with E-state index in [4.69, 9.17) is 4.74 Å². The molecular formula is C24H32N2O4S. The van der Waals surface area contributed by atoms with Gasteiger partial charge in [-0.15, -0.1) is 0 Å². The van der Waals surface area contributed by atoms with Crippen molar-refractivity contribution in [2.24, 2.45) is 0 Å². The van der Waals surface area contributed by atoms with Gasteiger partial charge >= 0.3 is 0 Å². The number of aryl methyl sites for hydroxylation is 2. The maximum absolute atomic E-state index is 12.7. The van der Waals surface area contributed by atoms with Crippen molar-refractivity contribution >= 4 is 21.6 Å². The largest absolute Gasteiger partial charge is 0.494 e. The predicted octanol–water partition coefficient (Wildman–Crippen LogP) is 4.00. The Kier molecular flexibility index (Phi) is 7.59.